The zero-order chi connectivity index (χ0) is 31.7. The van der Waals surface area contributed by atoms with Gasteiger partial charge in [-0.2, -0.15) is 4.98 Å². The number of benzene rings is 2. The number of anilines is 2. The molecule has 11 heteroatoms. The zero-order valence-electron chi connectivity index (χ0n) is 25.5. The molecular weight excluding hydrogens is 552 g/mol. The monoisotopic (exact) mass is 594 g/mol. The zero-order valence-corrected chi connectivity index (χ0v) is 25.5. The van der Waals surface area contributed by atoms with Gasteiger partial charge < -0.3 is 30.2 Å². The van der Waals surface area contributed by atoms with Gasteiger partial charge >= 0.3 is 11.9 Å². The minimum atomic E-state index is -1.40. The number of rotatable bonds is 15. The van der Waals surface area contributed by atoms with Gasteiger partial charge in [-0.3, -0.25) is 14.4 Å². The van der Waals surface area contributed by atoms with Gasteiger partial charge in [-0.25, -0.2) is 4.79 Å². The highest BCUT2D eigenvalue weighted by atomic mass is 16.5. The molecule has 0 aliphatic carbocycles. The van der Waals surface area contributed by atoms with E-state index in [9.17, 15) is 24.3 Å². The van der Waals surface area contributed by atoms with Gasteiger partial charge in [0, 0.05) is 5.69 Å². The maximum absolute atomic E-state index is 13.3. The number of fused-ring (bicyclic) bond motifs is 1. The smallest absolute Gasteiger partial charge is 0.329 e. The summed E-state index contributed by atoms with van der Waals surface area (Å²) in [6.07, 6.45) is -0.847. The standard InChI is InChI=1S/C32H42N4O7/c1-18(2)14-24(30(40)35-25(17-28(38)39)31(41)43-29(19(3)4)20(5)6)34-27(37)16-21-12-13-23-26(15-21)42-32(36-23)33-22-10-8-7-9-11-22/h7-13,15,18-20,24-25,29H,14,16-17H2,1-6H3,(H,33,36)(H,34,37)(H,35,40)(H,38,39). The summed E-state index contributed by atoms with van der Waals surface area (Å²) < 4.78 is 11.4. The number of carboxylic acid groups (broad SMARTS) is 1. The van der Waals surface area contributed by atoms with Crippen LogP contribution in [-0.4, -0.2) is 52.0 Å². The summed E-state index contributed by atoms with van der Waals surface area (Å²) in [4.78, 5) is 55.2. The number of carbonyl (C=O) groups is 4. The highest BCUT2D eigenvalue weighted by Gasteiger charge is 2.32. The van der Waals surface area contributed by atoms with Crippen molar-refractivity contribution in [1.82, 2.24) is 15.6 Å². The molecule has 232 valence electrons. The average molecular weight is 595 g/mol. The Morgan fingerprint density at radius 3 is 2.19 bits per heavy atom. The fourth-order valence-corrected chi connectivity index (χ4v) is 4.81. The van der Waals surface area contributed by atoms with Crippen molar-refractivity contribution in [2.24, 2.45) is 17.8 Å². The summed E-state index contributed by atoms with van der Waals surface area (Å²) in [6.45, 7) is 11.4. The van der Waals surface area contributed by atoms with Crippen LogP contribution in [0.2, 0.25) is 0 Å². The van der Waals surface area contributed by atoms with E-state index in [1.807, 2.05) is 71.9 Å². The number of amides is 2. The second-order valence-corrected chi connectivity index (χ2v) is 11.8. The van der Waals surface area contributed by atoms with Crippen molar-refractivity contribution in [2.75, 3.05) is 5.32 Å². The van der Waals surface area contributed by atoms with E-state index >= 15 is 0 Å². The molecule has 43 heavy (non-hydrogen) atoms. The Hall–Kier alpha value is -4.41. The Morgan fingerprint density at radius 1 is 0.907 bits per heavy atom. The van der Waals surface area contributed by atoms with Crippen LogP contribution in [0.1, 0.15) is 59.9 Å². The molecule has 0 saturated heterocycles. The molecule has 4 N–H and O–H groups in total. The predicted molar refractivity (Wildman–Crippen MR) is 163 cm³/mol. The van der Waals surface area contributed by atoms with Gasteiger partial charge in [0.05, 0.1) is 12.8 Å². The maximum atomic E-state index is 13.3. The molecular formula is C32H42N4O7. The van der Waals surface area contributed by atoms with E-state index in [-0.39, 0.29) is 30.6 Å². The lowest BCUT2D eigenvalue weighted by Crippen LogP contribution is -2.53. The van der Waals surface area contributed by atoms with Crippen molar-refractivity contribution in [2.45, 2.75) is 79.0 Å². The molecule has 1 aromatic heterocycles. The van der Waals surface area contributed by atoms with Crippen molar-refractivity contribution in [3.8, 4) is 0 Å². The largest absolute Gasteiger partial charge is 0.481 e. The molecule has 0 bridgehead atoms. The van der Waals surface area contributed by atoms with E-state index in [0.717, 1.165) is 5.69 Å². The van der Waals surface area contributed by atoms with E-state index in [1.54, 1.807) is 18.2 Å². The number of carboxylic acids is 1. The molecule has 2 unspecified atom stereocenters. The summed E-state index contributed by atoms with van der Waals surface area (Å²) in [5, 5.41) is 17.8. The maximum Gasteiger partial charge on any atom is 0.329 e. The van der Waals surface area contributed by atoms with Crippen LogP contribution in [0.3, 0.4) is 0 Å². The first-order chi connectivity index (χ1) is 20.3. The van der Waals surface area contributed by atoms with Gasteiger partial charge in [-0.1, -0.05) is 65.8 Å². The van der Waals surface area contributed by atoms with Crippen LogP contribution < -0.4 is 16.0 Å². The molecule has 0 aliphatic rings. The molecule has 0 aliphatic heterocycles. The minimum absolute atomic E-state index is 0.000926. The van der Waals surface area contributed by atoms with Crippen molar-refractivity contribution >= 4 is 46.6 Å². The first kappa shape index (κ1) is 33.1. The van der Waals surface area contributed by atoms with Gasteiger partial charge in [0.25, 0.3) is 6.01 Å². The number of hydrogen-bond acceptors (Lipinski definition) is 8. The van der Waals surface area contributed by atoms with Crippen LogP contribution in [0.25, 0.3) is 11.1 Å². The number of carbonyl (C=O) groups excluding carboxylic acids is 3. The third-order valence-electron chi connectivity index (χ3n) is 6.75. The number of hydrogen-bond donors (Lipinski definition) is 4. The molecule has 2 aromatic carbocycles. The third-order valence-corrected chi connectivity index (χ3v) is 6.75. The molecule has 0 radical (unpaired) electrons. The van der Waals surface area contributed by atoms with Crippen molar-refractivity contribution in [3.05, 3.63) is 54.1 Å². The van der Waals surface area contributed by atoms with Crippen molar-refractivity contribution in [3.63, 3.8) is 0 Å². The predicted octanol–water partition coefficient (Wildman–Crippen LogP) is 4.83. The molecule has 0 spiro atoms. The van der Waals surface area contributed by atoms with E-state index in [1.165, 1.54) is 0 Å². The average Bonchev–Trinajstić information content (AvgIpc) is 3.31. The number of para-hydroxylation sites is 1. The molecule has 3 aromatic rings. The third kappa shape index (κ3) is 10.1. The van der Waals surface area contributed by atoms with E-state index in [2.05, 4.69) is 20.9 Å². The summed E-state index contributed by atoms with van der Waals surface area (Å²) in [5.41, 5.74) is 2.59. The van der Waals surface area contributed by atoms with Gasteiger partial charge in [0.2, 0.25) is 11.8 Å². The van der Waals surface area contributed by atoms with Crippen molar-refractivity contribution < 1.29 is 33.4 Å². The first-order valence-electron chi connectivity index (χ1n) is 14.6. The van der Waals surface area contributed by atoms with E-state index in [4.69, 9.17) is 9.15 Å². The van der Waals surface area contributed by atoms with Crippen LogP contribution in [0.5, 0.6) is 0 Å². The molecule has 3 rings (SSSR count). The highest BCUT2D eigenvalue weighted by Crippen LogP contribution is 2.23. The number of nitrogens with one attached hydrogen (secondary N) is 3. The lowest BCUT2D eigenvalue weighted by Gasteiger charge is -2.28. The fraction of sp³-hybridized carbons (Fsp3) is 0.469. The van der Waals surface area contributed by atoms with Gasteiger partial charge in [-0.05, 0) is 54.0 Å². The van der Waals surface area contributed by atoms with Crippen LogP contribution in [0, 0.1) is 17.8 Å². The Bertz CT molecular complexity index is 1390. The minimum Gasteiger partial charge on any atom is -0.481 e. The van der Waals surface area contributed by atoms with E-state index < -0.39 is 48.4 Å². The summed E-state index contributed by atoms with van der Waals surface area (Å²) in [6, 6.07) is 12.6. The van der Waals surface area contributed by atoms with Gasteiger partial charge in [-0.15, -0.1) is 0 Å². The second-order valence-electron chi connectivity index (χ2n) is 11.8. The Morgan fingerprint density at radius 2 is 1.58 bits per heavy atom. The van der Waals surface area contributed by atoms with Crippen LogP contribution in [0.15, 0.2) is 52.9 Å². The molecule has 0 fully saturated rings. The molecule has 2 atom stereocenters. The Labute approximate surface area is 251 Å². The summed E-state index contributed by atoms with van der Waals surface area (Å²) in [7, 11) is 0. The number of ether oxygens (including phenoxy) is 1. The van der Waals surface area contributed by atoms with Crippen molar-refractivity contribution in [1.29, 1.82) is 0 Å². The molecule has 0 saturated carbocycles. The molecule has 2 amide bonds. The SMILES string of the molecule is CC(C)CC(NC(=O)Cc1ccc2nc(Nc3ccccc3)oc2c1)C(=O)NC(CC(=O)O)C(=O)OC(C(C)C)C(C)C. The summed E-state index contributed by atoms with van der Waals surface area (Å²) >= 11 is 0. The number of nitrogens with zero attached hydrogens (tertiary/aromatic N) is 1. The number of aromatic nitrogens is 1. The quantitative estimate of drug-likeness (QED) is 0.181. The molecule has 11 nitrogen and oxygen atoms in total. The normalized spacial score (nSPS) is 12.9. The lowest BCUT2D eigenvalue weighted by molar-refractivity contribution is -0.160. The van der Waals surface area contributed by atoms with Gasteiger partial charge in [0.1, 0.15) is 23.7 Å². The van der Waals surface area contributed by atoms with Crippen LogP contribution in [-0.2, 0) is 30.3 Å². The first-order valence-corrected chi connectivity index (χ1v) is 14.6. The molecule has 1 heterocycles. The van der Waals surface area contributed by atoms with Gasteiger partial charge in [0.15, 0.2) is 5.58 Å². The van der Waals surface area contributed by atoms with Crippen LogP contribution in [0.4, 0.5) is 11.7 Å². The highest BCUT2D eigenvalue weighted by molar-refractivity contribution is 5.92. The van der Waals surface area contributed by atoms with E-state index in [0.29, 0.717) is 22.7 Å². The number of oxazole rings is 1. The number of esters is 1. The second kappa shape index (κ2) is 15.2. The topological polar surface area (TPSA) is 160 Å². The van der Waals surface area contributed by atoms with Crippen LogP contribution >= 0.6 is 0 Å². The number of aliphatic carboxylic acids is 1. The fourth-order valence-electron chi connectivity index (χ4n) is 4.81. The summed E-state index contributed by atoms with van der Waals surface area (Å²) in [5.74, 6) is -3.13. The Kier molecular flexibility index (Phi) is 11.7. The Balaban J connectivity index is 1.69. The lowest BCUT2D eigenvalue weighted by atomic mass is 9.96.